The first-order valence-electron chi connectivity index (χ1n) is 20.5. The molecule has 0 spiro atoms. The standard InChI is InChI=1S/C42H80I2O3/c1-3-5-7-9-11-13-17-23-29-41(31-25-19-15-21-27-35-43)33-37-45-39-47-40-46-38-34-42(32-26-20-16-22-28-36-44)30-24-18-14-12-10-8-6-4-2/h23-24,29-30,41-42H,3-22,25-28,31-40H2,1-2H3. The van der Waals surface area contributed by atoms with E-state index in [-0.39, 0.29) is 0 Å². The van der Waals surface area contributed by atoms with E-state index < -0.39 is 0 Å². The van der Waals surface area contributed by atoms with Crippen LogP contribution in [0.25, 0.3) is 0 Å². The molecule has 0 aliphatic rings. The fourth-order valence-corrected chi connectivity index (χ4v) is 7.22. The monoisotopic (exact) mass is 886 g/mol. The van der Waals surface area contributed by atoms with Gasteiger partial charge < -0.3 is 14.2 Å². The summed E-state index contributed by atoms with van der Waals surface area (Å²) in [4.78, 5) is 0. The van der Waals surface area contributed by atoms with E-state index in [4.69, 9.17) is 14.2 Å². The van der Waals surface area contributed by atoms with E-state index in [0.29, 0.717) is 25.4 Å². The second-order valence-corrected chi connectivity index (χ2v) is 16.0. The summed E-state index contributed by atoms with van der Waals surface area (Å²) in [5, 5.41) is 0. The van der Waals surface area contributed by atoms with Crippen molar-refractivity contribution in [3.05, 3.63) is 24.3 Å². The van der Waals surface area contributed by atoms with E-state index in [9.17, 15) is 0 Å². The van der Waals surface area contributed by atoms with Crippen LogP contribution in [0.3, 0.4) is 0 Å². The Morgan fingerprint density at radius 3 is 1.17 bits per heavy atom. The molecule has 280 valence electrons. The smallest absolute Gasteiger partial charge is 0.149 e. The lowest BCUT2D eigenvalue weighted by atomic mass is 9.96. The molecule has 0 aromatic carbocycles. The van der Waals surface area contributed by atoms with Gasteiger partial charge in [0.2, 0.25) is 0 Å². The zero-order chi connectivity index (χ0) is 34.1. The lowest BCUT2D eigenvalue weighted by Gasteiger charge is -2.14. The Balaban J connectivity index is 4.25. The molecule has 2 unspecified atom stereocenters. The third-order valence-electron chi connectivity index (χ3n) is 9.28. The number of ether oxygens (including phenoxy) is 3. The molecule has 0 fully saturated rings. The SMILES string of the molecule is CCCCCCCCC=CC(CCCCCCCI)CCOCOCOCCC(C=CCCCCCCCC)CCCCCCCI. The van der Waals surface area contributed by atoms with Crippen LogP contribution >= 0.6 is 45.2 Å². The Hall–Kier alpha value is 0.820. The summed E-state index contributed by atoms with van der Waals surface area (Å²) in [5.41, 5.74) is 0. The Bertz CT molecular complexity index is 575. The van der Waals surface area contributed by atoms with Crippen molar-refractivity contribution in [1.29, 1.82) is 0 Å². The third kappa shape index (κ3) is 39.5. The quantitative estimate of drug-likeness (QED) is 0.0202. The van der Waals surface area contributed by atoms with Crippen molar-refractivity contribution in [2.75, 3.05) is 35.7 Å². The first kappa shape index (κ1) is 47.8. The zero-order valence-electron chi connectivity index (χ0n) is 31.5. The summed E-state index contributed by atoms with van der Waals surface area (Å²) >= 11 is 5.00. The number of allylic oxidation sites excluding steroid dienone is 4. The van der Waals surface area contributed by atoms with Crippen LogP contribution in [0, 0.1) is 11.8 Å². The molecule has 0 aliphatic carbocycles. The van der Waals surface area contributed by atoms with Crippen molar-refractivity contribution < 1.29 is 14.2 Å². The first-order valence-corrected chi connectivity index (χ1v) is 23.5. The number of unbranched alkanes of at least 4 members (excludes halogenated alkanes) is 20. The van der Waals surface area contributed by atoms with Gasteiger partial charge in [0.15, 0.2) is 0 Å². The first-order chi connectivity index (χ1) is 23.3. The van der Waals surface area contributed by atoms with Crippen LogP contribution in [-0.2, 0) is 14.2 Å². The van der Waals surface area contributed by atoms with Crippen LogP contribution < -0.4 is 0 Å². The van der Waals surface area contributed by atoms with Crippen LogP contribution in [0.5, 0.6) is 0 Å². The van der Waals surface area contributed by atoms with Crippen molar-refractivity contribution in [1.82, 2.24) is 0 Å². The van der Waals surface area contributed by atoms with Crippen LogP contribution in [0.15, 0.2) is 24.3 Å². The molecule has 0 heterocycles. The van der Waals surface area contributed by atoms with Crippen molar-refractivity contribution in [2.24, 2.45) is 11.8 Å². The summed E-state index contributed by atoms with van der Waals surface area (Å²) in [6.45, 7) is 6.79. The molecule has 0 aromatic heterocycles. The average Bonchev–Trinajstić information content (AvgIpc) is 3.08. The van der Waals surface area contributed by atoms with E-state index in [0.717, 1.165) is 26.1 Å². The highest BCUT2D eigenvalue weighted by atomic mass is 127. The van der Waals surface area contributed by atoms with Gasteiger partial charge in [0, 0.05) is 13.2 Å². The van der Waals surface area contributed by atoms with Crippen molar-refractivity contribution in [2.45, 2.75) is 194 Å². The van der Waals surface area contributed by atoms with E-state index in [1.165, 1.54) is 176 Å². The van der Waals surface area contributed by atoms with Crippen molar-refractivity contribution in [3.63, 3.8) is 0 Å². The lowest BCUT2D eigenvalue weighted by Crippen LogP contribution is -2.10. The third-order valence-corrected chi connectivity index (χ3v) is 10.8. The van der Waals surface area contributed by atoms with Gasteiger partial charge in [0.25, 0.3) is 0 Å². The van der Waals surface area contributed by atoms with Gasteiger partial charge in [-0.3, -0.25) is 0 Å². The molecule has 47 heavy (non-hydrogen) atoms. The fraction of sp³-hybridized carbons (Fsp3) is 0.905. The number of alkyl halides is 2. The maximum Gasteiger partial charge on any atom is 0.149 e. The topological polar surface area (TPSA) is 27.7 Å². The summed E-state index contributed by atoms with van der Waals surface area (Å²) in [7, 11) is 0. The molecule has 0 bridgehead atoms. The Labute approximate surface area is 322 Å². The predicted molar refractivity (Wildman–Crippen MR) is 226 cm³/mol. The molecule has 0 rings (SSSR count). The Morgan fingerprint density at radius 1 is 0.404 bits per heavy atom. The van der Waals surface area contributed by atoms with Gasteiger partial charge in [-0.15, -0.1) is 0 Å². The molecular weight excluding hydrogens is 806 g/mol. The molecule has 5 heteroatoms. The summed E-state index contributed by atoms with van der Waals surface area (Å²) in [6, 6.07) is 0. The van der Waals surface area contributed by atoms with Crippen LogP contribution in [0.4, 0.5) is 0 Å². The molecule has 0 amide bonds. The zero-order valence-corrected chi connectivity index (χ0v) is 35.8. The number of hydrogen-bond donors (Lipinski definition) is 0. The van der Waals surface area contributed by atoms with Crippen molar-refractivity contribution >= 4 is 45.2 Å². The molecule has 0 aromatic rings. The average molecular weight is 887 g/mol. The maximum atomic E-state index is 5.89. The molecule has 0 saturated carbocycles. The normalized spacial score (nSPS) is 13.4. The van der Waals surface area contributed by atoms with Crippen LogP contribution in [0.2, 0.25) is 0 Å². The van der Waals surface area contributed by atoms with Gasteiger partial charge in [-0.05, 0) is 84.9 Å². The van der Waals surface area contributed by atoms with Crippen molar-refractivity contribution in [3.8, 4) is 0 Å². The van der Waals surface area contributed by atoms with Gasteiger partial charge in [-0.1, -0.05) is 199 Å². The number of rotatable bonds is 40. The molecule has 3 nitrogen and oxygen atoms in total. The Morgan fingerprint density at radius 2 is 0.766 bits per heavy atom. The second kappa shape index (κ2) is 43.0. The molecule has 0 saturated heterocycles. The van der Waals surface area contributed by atoms with Gasteiger partial charge in [-0.2, -0.15) is 0 Å². The molecule has 0 aliphatic heterocycles. The minimum Gasteiger partial charge on any atom is -0.355 e. The molecule has 2 atom stereocenters. The van der Waals surface area contributed by atoms with Gasteiger partial charge in [0.1, 0.15) is 13.6 Å². The molecule has 0 N–H and O–H groups in total. The fourth-order valence-electron chi connectivity index (χ4n) is 6.14. The lowest BCUT2D eigenvalue weighted by molar-refractivity contribution is -0.133. The highest BCUT2D eigenvalue weighted by molar-refractivity contribution is 14.1. The minimum atomic E-state index is 0.337. The van der Waals surface area contributed by atoms with Crippen LogP contribution in [-0.4, -0.2) is 35.7 Å². The molecule has 0 radical (unpaired) electrons. The van der Waals surface area contributed by atoms with E-state index in [1.54, 1.807) is 0 Å². The maximum absolute atomic E-state index is 5.89. The minimum absolute atomic E-state index is 0.337. The Kier molecular flexibility index (Phi) is 43.7. The van der Waals surface area contributed by atoms with Gasteiger partial charge in [-0.25, -0.2) is 0 Å². The second-order valence-electron chi connectivity index (χ2n) is 13.8. The van der Waals surface area contributed by atoms with E-state index in [2.05, 4.69) is 83.3 Å². The van der Waals surface area contributed by atoms with Gasteiger partial charge >= 0.3 is 0 Å². The number of hydrogen-bond acceptors (Lipinski definition) is 3. The number of halogens is 2. The largest absolute Gasteiger partial charge is 0.355 e. The molecular formula is C42H80I2O3. The summed E-state index contributed by atoms with van der Waals surface area (Å²) in [6.07, 6.45) is 47.3. The highest BCUT2D eigenvalue weighted by Crippen LogP contribution is 2.20. The predicted octanol–water partition coefficient (Wildman–Crippen LogP) is 15.1. The highest BCUT2D eigenvalue weighted by Gasteiger charge is 2.07. The van der Waals surface area contributed by atoms with Gasteiger partial charge in [0.05, 0.1) is 0 Å². The van der Waals surface area contributed by atoms with Crippen LogP contribution in [0.1, 0.15) is 194 Å². The van der Waals surface area contributed by atoms with E-state index in [1.807, 2.05) is 0 Å². The van der Waals surface area contributed by atoms with E-state index >= 15 is 0 Å². The summed E-state index contributed by atoms with van der Waals surface area (Å²) in [5.74, 6) is 1.27. The summed E-state index contributed by atoms with van der Waals surface area (Å²) < 4.78 is 20.1.